The molecule has 0 aromatic carbocycles. The zero-order valence-electron chi connectivity index (χ0n) is 11.6. The molecule has 3 rings (SSSR count). The van der Waals surface area contributed by atoms with Crippen LogP contribution in [0.5, 0.6) is 0 Å². The van der Waals surface area contributed by atoms with Crippen molar-refractivity contribution in [1.29, 1.82) is 0 Å². The fourth-order valence-corrected chi connectivity index (χ4v) is 5.77. The first-order chi connectivity index (χ1) is 10.2. The molecule has 1 aliphatic heterocycles. The molecule has 0 aromatic heterocycles. The number of halogens is 4. The number of fused-ring (bicyclic) bond motifs is 5. The van der Waals surface area contributed by atoms with Gasteiger partial charge in [-0.1, -0.05) is 23.2 Å². The molecule has 3 aliphatic rings. The minimum absolute atomic E-state index is 0.0550. The van der Waals surface area contributed by atoms with E-state index in [1.54, 1.807) is 13.8 Å². The first-order valence-corrected chi connectivity index (χ1v) is 8.22. The van der Waals surface area contributed by atoms with E-state index in [1.165, 1.54) is 0 Å². The van der Waals surface area contributed by atoms with Crippen molar-refractivity contribution in [3.8, 4) is 0 Å². The van der Waals surface area contributed by atoms with Gasteiger partial charge in [-0.2, -0.15) is 0 Å². The number of hydrogen-bond acceptors (Lipinski definition) is 5. The molecule has 22 heavy (non-hydrogen) atoms. The summed E-state index contributed by atoms with van der Waals surface area (Å²) in [4.78, 5) is 20.8. The molecule has 122 valence electrons. The summed E-state index contributed by atoms with van der Waals surface area (Å²) in [7, 11) is 0. The Morgan fingerprint density at radius 2 is 1.32 bits per heavy atom. The summed E-state index contributed by atoms with van der Waals surface area (Å²) in [6, 6.07) is 0. The molecule has 0 amide bonds. The number of esters is 2. The zero-order valence-corrected chi connectivity index (χ0v) is 14.6. The molecule has 2 fully saturated rings. The first-order valence-electron chi connectivity index (χ1n) is 6.71. The summed E-state index contributed by atoms with van der Waals surface area (Å²) in [5.74, 6) is -5.58. The Labute approximate surface area is 146 Å². The third-order valence-corrected chi connectivity index (χ3v) is 6.99. The van der Waals surface area contributed by atoms with Crippen LogP contribution in [-0.4, -0.2) is 40.7 Å². The average molecular weight is 390 g/mol. The molecule has 1 saturated heterocycles. The first kappa shape index (κ1) is 16.8. The van der Waals surface area contributed by atoms with E-state index in [-0.39, 0.29) is 23.3 Å². The maximum absolute atomic E-state index is 12.1. The second kappa shape index (κ2) is 4.98. The van der Waals surface area contributed by atoms with Gasteiger partial charge in [0.15, 0.2) is 9.75 Å². The highest BCUT2D eigenvalue weighted by Gasteiger charge is 2.90. The molecule has 2 bridgehead atoms. The van der Waals surface area contributed by atoms with E-state index >= 15 is 0 Å². The maximum Gasteiger partial charge on any atom is 0.319 e. The fourth-order valence-electron chi connectivity index (χ4n) is 3.71. The summed E-state index contributed by atoms with van der Waals surface area (Å²) in [5, 5.41) is -0.110. The number of rotatable bonds is 4. The fraction of sp³-hybridized carbons (Fsp3) is 0.692. The lowest BCUT2D eigenvalue weighted by atomic mass is 9.84. The predicted molar refractivity (Wildman–Crippen MR) is 80.0 cm³/mol. The molecule has 1 heterocycles. The minimum atomic E-state index is -1.73. The van der Waals surface area contributed by atoms with E-state index < -0.39 is 39.3 Å². The van der Waals surface area contributed by atoms with Crippen LogP contribution in [0, 0.1) is 11.8 Å². The van der Waals surface area contributed by atoms with Crippen molar-refractivity contribution in [2.75, 3.05) is 13.2 Å². The average Bonchev–Trinajstić information content (AvgIpc) is 2.89. The highest BCUT2D eigenvalue weighted by molar-refractivity contribution is 6.53. The van der Waals surface area contributed by atoms with Crippen LogP contribution < -0.4 is 0 Å². The van der Waals surface area contributed by atoms with Gasteiger partial charge in [0.1, 0.15) is 11.8 Å². The number of hydrogen-bond donors (Lipinski definition) is 0. The third-order valence-electron chi connectivity index (χ3n) is 4.38. The zero-order chi connectivity index (χ0) is 16.5. The van der Waals surface area contributed by atoms with Crippen molar-refractivity contribution in [3.05, 3.63) is 10.1 Å². The van der Waals surface area contributed by atoms with Crippen molar-refractivity contribution in [2.24, 2.45) is 11.8 Å². The molecular formula is C13H12Cl4O5. The summed E-state index contributed by atoms with van der Waals surface area (Å²) >= 11 is 26.0. The predicted octanol–water partition coefficient (Wildman–Crippen LogP) is 2.74. The second-order valence-corrected chi connectivity index (χ2v) is 7.18. The van der Waals surface area contributed by atoms with Gasteiger partial charge < -0.3 is 14.2 Å². The highest BCUT2D eigenvalue weighted by Crippen LogP contribution is 2.75. The molecule has 0 radical (unpaired) electrons. The van der Waals surface area contributed by atoms with Crippen molar-refractivity contribution in [2.45, 2.75) is 29.4 Å². The van der Waals surface area contributed by atoms with E-state index in [0.29, 0.717) is 0 Å². The van der Waals surface area contributed by atoms with E-state index in [4.69, 9.17) is 55.9 Å². The molecule has 0 aromatic rings. The standard InChI is InChI=1S/C13H12Cl4O5/c1-3-20-13(21-4-2)11(16)5-6(10(19)22-9(5)18)12(13,17)8(15)7(11)14/h5-6H,3-4H2,1-2H3/t5-,6-,11+,12+/m1/s1. The van der Waals surface area contributed by atoms with Gasteiger partial charge in [-0.3, -0.25) is 9.59 Å². The topological polar surface area (TPSA) is 61.8 Å². The maximum atomic E-state index is 12.1. The molecular weight excluding hydrogens is 378 g/mol. The molecule has 9 heteroatoms. The van der Waals surface area contributed by atoms with E-state index in [9.17, 15) is 9.59 Å². The van der Waals surface area contributed by atoms with Gasteiger partial charge in [-0.15, -0.1) is 23.2 Å². The Morgan fingerprint density at radius 1 is 0.955 bits per heavy atom. The number of ether oxygens (including phenoxy) is 3. The van der Waals surface area contributed by atoms with Crippen molar-refractivity contribution in [1.82, 2.24) is 0 Å². The quantitative estimate of drug-likeness (QED) is 0.320. The summed E-state index contributed by atoms with van der Waals surface area (Å²) in [5.41, 5.74) is 0. The second-order valence-electron chi connectivity index (χ2n) is 5.23. The van der Waals surface area contributed by atoms with Crippen LogP contribution in [0.1, 0.15) is 13.8 Å². The van der Waals surface area contributed by atoms with Crippen LogP contribution >= 0.6 is 46.4 Å². The Hall–Kier alpha value is -0.0400. The minimum Gasteiger partial charge on any atom is -0.393 e. The molecule has 0 unspecified atom stereocenters. The monoisotopic (exact) mass is 388 g/mol. The molecule has 0 N–H and O–H groups in total. The summed E-state index contributed by atoms with van der Waals surface area (Å²) in [6.07, 6.45) is 0. The summed E-state index contributed by atoms with van der Waals surface area (Å²) in [6.45, 7) is 3.74. The van der Waals surface area contributed by atoms with E-state index in [0.717, 1.165) is 0 Å². The van der Waals surface area contributed by atoms with Crippen LogP contribution in [0.25, 0.3) is 0 Å². The van der Waals surface area contributed by atoms with Gasteiger partial charge in [0.25, 0.3) is 0 Å². The number of alkyl halides is 2. The van der Waals surface area contributed by atoms with Gasteiger partial charge in [0.05, 0.1) is 10.1 Å². The van der Waals surface area contributed by atoms with E-state index in [1.807, 2.05) is 0 Å². The number of cyclic esters (lactones) is 2. The van der Waals surface area contributed by atoms with Gasteiger partial charge >= 0.3 is 11.9 Å². The van der Waals surface area contributed by atoms with Crippen LogP contribution in [-0.2, 0) is 23.8 Å². The third kappa shape index (κ3) is 1.47. The largest absolute Gasteiger partial charge is 0.393 e. The Balaban J connectivity index is 2.32. The van der Waals surface area contributed by atoms with Crippen LogP contribution in [0.15, 0.2) is 10.1 Å². The number of carbonyl (C=O) groups excluding carboxylic acids is 2. The number of carbonyl (C=O) groups is 2. The smallest absolute Gasteiger partial charge is 0.319 e. The Kier molecular flexibility index (Phi) is 3.80. The molecule has 4 atom stereocenters. The Morgan fingerprint density at radius 3 is 1.64 bits per heavy atom. The molecule has 0 spiro atoms. The highest BCUT2D eigenvalue weighted by atomic mass is 35.5. The van der Waals surface area contributed by atoms with Gasteiger partial charge in [0, 0.05) is 13.2 Å². The molecule has 1 saturated carbocycles. The van der Waals surface area contributed by atoms with E-state index in [2.05, 4.69) is 4.74 Å². The van der Waals surface area contributed by atoms with Crippen LogP contribution in [0.4, 0.5) is 0 Å². The van der Waals surface area contributed by atoms with Gasteiger partial charge in [-0.05, 0) is 13.8 Å². The van der Waals surface area contributed by atoms with Gasteiger partial charge in [-0.25, -0.2) is 0 Å². The summed E-state index contributed by atoms with van der Waals surface area (Å²) < 4.78 is 16.2. The van der Waals surface area contributed by atoms with Gasteiger partial charge in [0.2, 0.25) is 5.79 Å². The van der Waals surface area contributed by atoms with Crippen molar-refractivity contribution in [3.63, 3.8) is 0 Å². The molecule has 5 nitrogen and oxygen atoms in total. The van der Waals surface area contributed by atoms with Crippen LogP contribution in [0.2, 0.25) is 0 Å². The molecule has 2 aliphatic carbocycles. The lowest BCUT2D eigenvalue weighted by Gasteiger charge is -2.43. The lowest BCUT2D eigenvalue weighted by Crippen LogP contribution is -2.60. The SMILES string of the molecule is CCOC1(OCC)[C@@]2(Cl)C(Cl)=C(Cl)[C@@]1(Cl)[C@H]1C(=O)OC(=O)[C@@H]12. The van der Waals surface area contributed by atoms with Crippen molar-refractivity contribution < 1.29 is 23.8 Å². The normalized spacial score (nSPS) is 42.1. The van der Waals surface area contributed by atoms with Crippen molar-refractivity contribution >= 4 is 58.3 Å². The van der Waals surface area contributed by atoms with Crippen LogP contribution in [0.3, 0.4) is 0 Å². The lowest BCUT2D eigenvalue weighted by molar-refractivity contribution is -0.247. The Bertz CT molecular complexity index is 555.